The van der Waals surface area contributed by atoms with Gasteiger partial charge in [-0.2, -0.15) is 5.10 Å². The number of aliphatic hydroxyl groups is 1. The SMILES string of the molecule is Cc1cc(F)ccc1-c1ccc(C2=NNC(O)CC2)cc1C. The Morgan fingerprint density at radius 3 is 2.36 bits per heavy atom. The molecule has 1 heterocycles. The predicted octanol–water partition coefficient (Wildman–Crippen LogP) is 3.52. The summed E-state index contributed by atoms with van der Waals surface area (Å²) in [5, 5.41) is 13.6. The van der Waals surface area contributed by atoms with Gasteiger partial charge in [0.25, 0.3) is 0 Å². The molecular weight excluding hydrogens is 279 g/mol. The average molecular weight is 298 g/mol. The smallest absolute Gasteiger partial charge is 0.140 e. The maximum Gasteiger partial charge on any atom is 0.140 e. The van der Waals surface area contributed by atoms with Crippen LogP contribution in [0.1, 0.15) is 29.5 Å². The van der Waals surface area contributed by atoms with E-state index in [1.54, 1.807) is 6.07 Å². The zero-order valence-electron chi connectivity index (χ0n) is 12.7. The van der Waals surface area contributed by atoms with Crippen LogP contribution in [0.25, 0.3) is 11.1 Å². The fourth-order valence-electron chi connectivity index (χ4n) is 2.83. The van der Waals surface area contributed by atoms with E-state index in [9.17, 15) is 9.50 Å². The van der Waals surface area contributed by atoms with Gasteiger partial charge >= 0.3 is 0 Å². The second kappa shape index (κ2) is 5.89. The van der Waals surface area contributed by atoms with Gasteiger partial charge in [0.1, 0.15) is 12.0 Å². The fourth-order valence-corrected chi connectivity index (χ4v) is 2.83. The monoisotopic (exact) mass is 298 g/mol. The van der Waals surface area contributed by atoms with Crippen molar-refractivity contribution in [3.05, 3.63) is 58.9 Å². The Kier molecular flexibility index (Phi) is 3.94. The normalized spacial score (nSPS) is 17.8. The molecule has 0 spiro atoms. The van der Waals surface area contributed by atoms with Crippen LogP contribution in [0.2, 0.25) is 0 Å². The van der Waals surface area contributed by atoms with Crippen LogP contribution < -0.4 is 5.43 Å². The highest BCUT2D eigenvalue weighted by atomic mass is 19.1. The Labute approximate surface area is 129 Å². The Balaban J connectivity index is 1.96. The number of hydrogen-bond donors (Lipinski definition) is 2. The summed E-state index contributed by atoms with van der Waals surface area (Å²) in [5.74, 6) is -0.211. The Hall–Kier alpha value is -2.20. The Bertz CT molecular complexity index is 740. The lowest BCUT2D eigenvalue weighted by molar-refractivity contribution is 0.126. The van der Waals surface area contributed by atoms with Gasteiger partial charge in [-0.3, -0.25) is 5.43 Å². The number of benzene rings is 2. The maximum absolute atomic E-state index is 13.3. The van der Waals surface area contributed by atoms with Gasteiger partial charge < -0.3 is 5.11 Å². The molecule has 1 atom stereocenters. The maximum atomic E-state index is 13.3. The van der Waals surface area contributed by atoms with Gasteiger partial charge in [0.2, 0.25) is 0 Å². The largest absolute Gasteiger partial charge is 0.372 e. The van der Waals surface area contributed by atoms with Crippen LogP contribution >= 0.6 is 0 Å². The molecule has 2 N–H and O–H groups in total. The molecule has 0 bridgehead atoms. The first-order valence-electron chi connectivity index (χ1n) is 7.42. The highest BCUT2D eigenvalue weighted by Crippen LogP contribution is 2.28. The first-order valence-corrected chi connectivity index (χ1v) is 7.42. The fraction of sp³-hybridized carbons (Fsp3) is 0.278. The van der Waals surface area contributed by atoms with E-state index < -0.39 is 6.23 Å². The van der Waals surface area contributed by atoms with Crippen LogP contribution in [0.3, 0.4) is 0 Å². The zero-order valence-corrected chi connectivity index (χ0v) is 12.7. The van der Waals surface area contributed by atoms with Gasteiger partial charge in [-0.1, -0.05) is 18.2 Å². The summed E-state index contributed by atoms with van der Waals surface area (Å²) in [6.07, 6.45) is 0.866. The summed E-state index contributed by atoms with van der Waals surface area (Å²) >= 11 is 0. The standard InChI is InChI=1S/C18H19FN2O/c1-11-9-13(17-7-8-18(22)21-20-17)3-5-15(11)16-6-4-14(19)10-12(16)2/h3-6,9-10,18,21-22H,7-8H2,1-2H3. The molecule has 22 heavy (non-hydrogen) atoms. The minimum Gasteiger partial charge on any atom is -0.372 e. The third kappa shape index (κ3) is 2.88. The molecule has 3 nitrogen and oxygen atoms in total. The van der Waals surface area contributed by atoms with E-state index in [2.05, 4.69) is 22.7 Å². The molecule has 2 aromatic carbocycles. The van der Waals surface area contributed by atoms with Gasteiger partial charge in [0, 0.05) is 0 Å². The van der Waals surface area contributed by atoms with Crippen molar-refractivity contribution >= 4 is 5.71 Å². The first kappa shape index (κ1) is 14.7. The van der Waals surface area contributed by atoms with E-state index in [1.165, 1.54) is 6.07 Å². The molecule has 0 fully saturated rings. The summed E-state index contributed by atoms with van der Waals surface area (Å²) in [6.45, 7) is 3.97. The number of halogens is 1. The second-order valence-electron chi connectivity index (χ2n) is 5.73. The molecule has 1 aliphatic heterocycles. The number of nitrogens with zero attached hydrogens (tertiary/aromatic N) is 1. The van der Waals surface area contributed by atoms with E-state index in [-0.39, 0.29) is 5.82 Å². The van der Waals surface area contributed by atoms with Crippen molar-refractivity contribution in [1.82, 2.24) is 5.43 Å². The summed E-state index contributed by atoms with van der Waals surface area (Å²) in [4.78, 5) is 0. The van der Waals surface area contributed by atoms with Gasteiger partial charge in [-0.15, -0.1) is 0 Å². The topological polar surface area (TPSA) is 44.6 Å². The lowest BCUT2D eigenvalue weighted by Gasteiger charge is -2.19. The first-order chi connectivity index (χ1) is 10.5. The van der Waals surface area contributed by atoms with Crippen LogP contribution in [0.15, 0.2) is 41.5 Å². The van der Waals surface area contributed by atoms with Crippen LogP contribution in [0, 0.1) is 19.7 Å². The van der Waals surface area contributed by atoms with E-state index >= 15 is 0 Å². The van der Waals surface area contributed by atoms with E-state index in [1.807, 2.05) is 26.0 Å². The lowest BCUT2D eigenvalue weighted by atomic mass is 9.93. The van der Waals surface area contributed by atoms with Gasteiger partial charge in [-0.05, 0) is 72.7 Å². The molecule has 4 heteroatoms. The van der Waals surface area contributed by atoms with Crippen LogP contribution in [0.4, 0.5) is 4.39 Å². The Morgan fingerprint density at radius 1 is 1.09 bits per heavy atom. The van der Waals surface area contributed by atoms with Gasteiger partial charge in [-0.25, -0.2) is 4.39 Å². The Morgan fingerprint density at radius 2 is 1.77 bits per heavy atom. The van der Waals surface area contributed by atoms with Crippen molar-refractivity contribution in [2.75, 3.05) is 0 Å². The van der Waals surface area contributed by atoms with Gasteiger partial charge in [0.05, 0.1) is 5.71 Å². The van der Waals surface area contributed by atoms with Crippen molar-refractivity contribution in [2.45, 2.75) is 32.9 Å². The molecule has 1 aliphatic rings. The van der Waals surface area contributed by atoms with Gasteiger partial charge in [0.15, 0.2) is 0 Å². The number of rotatable bonds is 2. The highest BCUT2D eigenvalue weighted by molar-refractivity contribution is 6.01. The highest BCUT2D eigenvalue weighted by Gasteiger charge is 2.15. The number of hydrogen-bond acceptors (Lipinski definition) is 3. The number of nitrogens with one attached hydrogen (secondary N) is 1. The summed E-state index contributed by atoms with van der Waals surface area (Å²) in [5.41, 5.74) is 8.92. The van der Waals surface area contributed by atoms with E-state index in [0.29, 0.717) is 6.42 Å². The summed E-state index contributed by atoms with van der Waals surface area (Å²) < 4.78 is 13.3. The molecule has 2 aromatic rings. The minimum absolute atomic E-state index is 0.211. The van der Waals surface area contributed by atoms with Crippen molar-refractivity contribution < 1.29 is 9.50 Å². The van der Waals surface area contributed by atoms with E-state index in [0.717, 1.165) is 39.9 Å². The molecule has 0 radical (unpaired) electrons. The number of aliphatic hydroxyl groups excluding tert-OH is 1. The van der Waals surface area contributed by atoms with Crippen LogP contribution in [-0.2, 0) is 0 Å². The summed E-state index contributed by atoms with van der Waals surface area (Å²) in [6, 6.07) is 11.0. The number of hydrazone groups is 1. The quantitative estimate of drug-likeness (QED) is 0.891. The molecule has 0 saturated heterocycles. The lowest BCUT2D eigenvalue weighted by Crippen LogP contribution is -2.30. The molecule has 0 aliphatic carbocycles. The van der Waals surface area contributed by atoms with Crippen molar-refractivity contribution in [2.24, 2.45) is 5.10 Å². The second-order valence-corrected chi connectivity index (χ2v) is 5.73. The molecule has 0 saturated carbocycles. The van der Waals surface area contributed by atoms with Crippen LogP contribution in [-0.4, -0.2) is 17.0 Å². The minimum atomic E-state index is -0.550. The molecular formula is C18H19FN2O. The average Bonchev–Trinajstić information content (AvgIpc) is 2.49. The summed E-state index contributed by atoms with van der Waals surface area (Å²) in [7, 11) is 0. The predicted molar refractivity (Wildman–Crippen MR) is 86.2 cm³/mol. The van der Waals surface area contributed by atoms with Crippen molar-refractivity contribution in [1.29, 1.82) is 0 Å². The van der Waals surface area contributed by atoms with Crippen molar-refractivity contribution in [3.8, 4) is 11.1 Å². The van der Waals surface area contributed by atoms with Crippen molar-refractivity contribution in [3.63, 3.8) is 0 Å². The molecule has 114 valence electrons. The molecule has 0 amide bonds. The molecule has 3 rings (SSSR count). The number of aryl methyl sites for hydroxylation is 2. The molecule has 0 aromatic heterocycles. The molecule has 1 unspecified atom stereocenters. The van der Waals surface area contributed by atoms with Crippen LogP contribution in [0.5, 0.6) is 0 Å². The third-order valence-electron chi connectivity index (χ3n) is 4.04. The van der Waals surface area contributed by atoms with E-state index in [4.69, 9.17) is 0 Å². The third-order valence-corrected chi connectivity index (χ3v) is 4.04. The zero-order chi connectivity index (χ0) is 15.7.